The van der Waals surface area contributed by atoms with Gasteiger partial charge in [-0.2, -0.15) is 13.9 Å². The van der Waals surface area contributed by atoms with Gasteiger partial charge in [-0.3, -0.25) is 4.79 Å². The molecule has 0 aliphatic rings. The molecule has 0 atom stereocenters. The number of carbonyl (C=O) groups excluding carboxylic acids is 1. The van der Waals surface area contributed by atoms with Crippen LogP contribution in [0.2, 0.25) is 0 Å². The summed E-state index contributed by atoms with van der Waals surface area (Å²) in [5.41, 5.74) is 2.49. The maximum atomic E-state index is 12.9. The largest absolute Gasteiger partial charge is 0.355 e. The monoisotopic (exact) mass is 387 g/mol. The van der Waals surface area contributed by atoms with Crippen molar-refractivity contribution in [1.82, 2.24) is 24.6 Å². The Kier molecular flexibility index (Phi) is 6.18. The molecule has 1 aromatic carbocycles. The summed E-state index contributed by atoms with van der Waals surface area (Å²) in [6.45, 7) is 1.62. The van der Waals surface area contributed by atoms with Crippen LogP contribution in [0.4, 0.5) is 8.78 Å². The molecule has 8 heteroatoms. The summed E-state index contributed by atoms with van der Waals surface area (Å²) in [6.07, 6.45) is 4.27. The van der Waals surface area contributed by atoms with E-state index in [9.17, 15) is 13.6 Å². The SMILES string of the molecule is Cc1nn(C(F)F)c(C)c1CC(=O)NCCc1nccn1Cc1ccccc1. The van der Waals surface area contributed by atoms with E-state index < -0.39 is 6.55 Å². The van der Waals surface area contributed by atoms with Gasteiger partial charge in [0.15, 0.2) is 0 Å². The fourth-order valence-electron chi connectivity index (χ4n) is 3.17. The van der Waals surface area contributed by atoms with Gasteiger partial charge in [0.2, 0.25) is 5.91 Å². The second-order valence-electron chi connectivity index (χ2n) is 6.61. The van der Waals surface area contributed by atoms with Crippen molar-refractivity contribution in [1.29, 1.82) is 0 Å². The van der Waals surface area contributed by atoms with Crippen molar-refractivity contribution in [2.75, 3.05) is 6.54 Å². The van der Waals surface area contributed by atoms with Gasteiger partial charge in [0.25, 0.3) is 0 Å². The molecular weight excluding hydrogens is 364 g/mol. The smallest absolute Gasteiger partial charge is 0.333 e. The van der Waals surface area contributed by atoms with E-state index in [4.69, 9.17) is 0 Å². The molecule has 1 amide bonds. The van der Waals surface area contributed by atoms with E-state index in [-0.39, 0.29) is 12.3 Å². The number of aryl methyl sites for hydroxylation is 1. The highest BCUT2D eigenvalue weighted by atomic mass is 19.3. The lowest BCUT2D eigenvalue weighted by Gasteiger charge is -2.09. The average molecular weight is 387 g/mol. The third-order valence-electron chi connectivity index (χ3n) is 4.67. The Labute approximate surface area is 162 Å². The number of aromatic nitrogens is 4. The summed E-state index contributed by atoms with van der Waals surface area (Å²) >= 11 is 0. The lowest BCUT2D eigenvalue weighted by molar-refractivity contribution is -0.120. The van der Waals surface area contributed by atoms with Gasteiger partial charge < -0.3 is 9.88 Å². The molecule has 0 bridgehead atoms. The molecule has 148 valence electrons. The molecule has 0 fully saturated rings. The topological polar surface area (TPSA) is 64.7 Å². The molecular formula is C20H23F2N5O. The Morgan fingerprint density at radius 3 is 2.64 bits per heavy atom. The number of rotatable bonds is 8. The molecule has 0 saturated heterocycles. The van der Waals surface area contributed by atoms with E-state index in [1.165, 1.54) is 5.56 Å². The molecule has 28 heavy (non-hydrogen) atoms. The molecule has 0 saturated carbocycles. The van der Waals surface area contributed by atoms with Crippen LogP contribution in [0.1, 0.15) is 34.9 Å². The van der Waals surface area contributed by atoms with E-state index in [2.05, 4.69) is 27.5 Å². The first-order valence-electron chi connectivity index (χ1n) is 9.09. The normalized spacial score (nSPS) is 11.2. The summed E-state index contributed by atoms with van der Waals surface area (Å²) in [4.78, 5) is 16.6. The second kappa shape index (κ2) is 8.77. The summed E-state index contributed by atoms with van der Waals surface area (Å²) in [6, 6.07) is 10.1. The van der Waals surface area contributed by atoms with E-state index in [0.717, 1.165) is 12.4 Å². The fourth-order valence-corrected chi connectivity index (χ4v) is 3.17. The lowest BCUT2D eigenvalue weighted by atomic mass is 10.1. The predicted octanol–water partition coefficient (Wildman–Crippen LogP) is 3.04. The molecule has 2 heterocycles. The van der Waals surface area contributed by atoms with Crippen molar-refractivity contribution in [2.45, 2.75) is 39.8 Å². The summed E-state index contributed by atoms with van der Waals surface area (Å²) in [5, 5.41) is 6.65. The van der Waals surface area contributed by atoms with Gasteiger partial charge in [0, 0.05) is 43.2 Å². The molecule has 0 unspecified atom stereocenters. The van der Waals surface area contributed by atoms with E-state index in [0.29, 0.717) is 34.6 Å². The highest BCUT2D eigenvalue weighted by Crippen LogP contribution is 2.19. The summed E-state index contributed by atoms with van der Waals surface area (Å²) in [5.74, 6) is 0.656. The molecule has 0 aliphatic heterocycles. The number of benzene rings is 1. The zero-order chi connectivity index (χ0) is 20.1. The van der Waals surface area contributed by atoms with Crippen LogP contribution in [0.5, 0.6) is 0 Å². The third kappa shape index (κ3) is 4.62. The van der Waals surface area contributed by atoms with Crippen molar-refractivity contribution in [3.63, 3.8) is 0 Å². The minimum Gasteiger partial charge on any atom is -0.355 e. The average Bonchev–Trinajstić information content (AvgIpc) is 3.22. The number of halogens is 2. The van der Waals surface area contributed by atoms with Gasteiger partial charge in [-0.05, 0) is 19.4 Å². The van der Waals surface area contributed by atoms with Gasteiger partial charge in [-0.15, -0.1) is 0 Å². The van der Waals surface area contributed by atoms with Crippen LogP contribution in [0.3, 0.4) is 0 Å². The quantitative estimate of drug-likeness (QED) is 0.646. The van der Waals surface area contributed by atoms with Crippen LogP contribution in [-0.2, 0) is 24.2 Å². The van der Waals surface area contributed by atoms with Gasteiger partial charge in [0.1, 0.15) is 5.82 Å². The molecule has 6 nitrogen and oxygen atoms in total. The van der Waals surface area contributed by atoms with E-state index in [1.807, 2.05) is 29.0 Å². The fraction of sp³-hybridized carbons (Fsp3) is 0.350. The van der Waals surface area contributed by atoms with Crippen LogP contribution < -0.4 is 5.32 Å². The zero-order valence-electron chi connectivity index (χ0n) is 15.9. The maximum absolute atomic E-state index is 12.9. The first kappa shape index (κ1) is 19.7. The number of nitrogens with zero attached hydrogens (tertiary/aromatic N) is 4. The molecule has 0 aliphatic carbocycles. The Morgan fingerprint density at radius 2 is 1.96 bits per heavy atom. The van der Waals surface area contributed by atoms with Crippen molar-refractivity contribution >= 4 is 5.91 Å². The van der Waals surface area contributed by atoms with Gasteiger partial charge in [0.05, 0.1) is 12.1 Å². The zero-order valence-corrected chi connectivity index (χ0v) is 15.9. The van der Waals surface area contributed by atoms with Crippen LogP contribution in [-0.4, -0.2) is 31.8 Å². The Morgan fingerprint density at radius 1 is 1.21 bits per heavy atom. The number of imidazole rings is 1. The van der Waals surface area contributed by atoms with Crippen molar-refractivity contribution in [3.05, 3.63) is 71.1 Å². The number of carbonyl (C=O) groups is 1. The molecule has 2 aromatic heterocycles. The number of amides is 1. The van der Waals surface area contributed by atoms with Crippen LogP contribution >= 0.6 is 0 Å². The highest BCUT2D eigenvalue weighted by molar-refractivity contribution is 5.79. The standard InChI is InChI=1S/C20H23F2N5O/c1-14-17(15(2)27(25-14)20(21)22)12-19(28)24-9-8-18-23-10-11-26(18)13-16-6-4-3-5-7-16/h3-7,10-11,20H,8-9,12-13H2,1-2H3,(H,24,28). The van der Waals surface area contributed by atoms with E-state index >= 15 is 0 Å². The van der Waals surface area contributed by atoms with Crippen molar-refractivity contribution in [3.8, 4) is 0 Å². The van der Waals surface area contributed by atoms with E-state index in [1.54, 1.807) is 20.0 Å². The van der Waals surface area contributed by atoms with Crippen molar-refractivity contribution < 1.29 is 13.6 Å². The Balaban J connectivity index is 1.54. The summed E-state index contributed by atoms with van der Waals surface area (Å²) < 4.78 is 28.5. The number of hydrogen-bond acceptors (Lipinski definition) is 3. The van der Waals surface area contributed by atoms with Crippen molar-refractivity contribution in [2.24, 2.45) is 0 Å². The first-order valence-corrected chi connectivity index (χ1v) is 9.09. The third-order valence-corrected chi connectivity index (χ3v) is 4.67. The summed E-state index contributed by atoms with van der Waals surface area (Å²) in [7, 11) is 0. The van der Waals surface area contributed by atoms with Gasteiger partial charge >= 0.3 is 6.55 Å². The van der Waals surface area contributed by atoms with Gasteiger partial charge in [-0.1, -0.05) is 30.3 Å². The Bertz CT molecular complexity index is 933. The number of alkyl halides is 2. The second-order valence-corrected chi connectivity index (χ2v) is 6.61. The molecule has 1 N–H and O–H groups in total. The predicted molar refractivity (Wildman–Crippen MR) is 101 cm³/mol. The van der Waals surface area contributed by atoms with Crippen LogP contribution in [0.25, 0.3) is 0 Å². The van der Waals surface area contributed by atoms with Crippen LogP contribution in [0.15, 0.2) is 42.7 Å². The minimum atomic E-state index is -2.71. The number of hydrogen-bond donors (Lipinski definition) is 1. The minimum absolute atomic E-state index is 0.0306. The highest BCUT2D eigenvalue weighted by Gasteiger charge is 2.19. The number of nitrogens with one attached hydrogen (secondary N) is 1. The molecule has 0 spiro atoms. The van der Waals surface area contributed by atoms with Crippen LogP contribution in [0, 0.1) is 13.8 Å². The Hall–Kier alpha value is -3.03. The first-order chi connectivity index (χ1) is 13.5. The molecule has 3 rings (SSSR count). The maximum Gasteiger partial charge on any atom is 0.333 e. The molecule has 3 aromatic rings. The lowest BCUT2D eigenvalue weighted by Crippen LogP contribution is -2.28. The molecule has 0 radical (unpaired) electrons. The van der Waals surface area contributed by atoms with Gasteiger partial charge in [-0.25, -0.2) is 9.67 Å².